The molecule has 5 rings (SSSR count). The number of methoxy groups -OCH3 is 1. The molecule has 2 aliphatic rings. The molecule has 0 aliphatic carbocycles. The van der Waals surface area contributed by atoms with Crippen molar-refractivity contribution in [2.75, 3.05) is 38.3 Å². The van der Waals surface area contributed by atoms with E-state index < -0.39 is 10.0 Å². The normalized spacial score (nSPS) is 20.4. The Kier molecular flexibility index (Phi) is 6.65. The summed E-state index contributed by atoms with van der Waals surface area (Å²) >= 11 is 0. The Morgan fingerprint density at radius 1 is 1.22 bits per heavy atom. The first-order valence-electron chi connectivity index (χ1n) is 11.7. The van der Waals surface area contributed by atoms with Gasteiger partial charge in [0.25, 0.3) is 0 Å². The van der Waals surface area contributed by atoms with E-state index in [0.717, 1.165) is 5.69 Å². The first-order valence-corrected chi connectivity index (χ1v) is 13.5. The SMILES string of the molecule is COC1=CC(c2[nH]c(-c3ccc(F)cc3)nc2-c2ccnc(N[C@@H]3CCN(S(C)(=O)=O)C3)n2)CN=C1N. The van der Waals surface area contributed by atoms with Crippen LogP contribution in [0.25, 0.3) is 22.8 Å². The number of aliphatic imine (C=N–C) groups is 1. The first-order chi connectivity index (χ1) is 17.7. The minimum absolute atomic E-state index is 0.110. The Morgan fingerprint density at radius 2 is 2.00 bits per heavy atom. The second kappa shape index (κ2) is 9.90. The van der Waals surface area contributed by atoms with E-state index in [1.807, 2.05) is 6.08 Å². The predicted molar refractivity (Wildman–Crippen MR) is 138 cm³/mol. The number of hydrogen-bond donors (Lipinski definition) is 3. The van der Waals surface area contributed by atoms with E-state index in [4.69, 9.17) is 15.5 Å². The van der Waals surface area contributed by atoms with E-state index in [-0.39, 0.29) is 17.8 Å². The molecule has 1 saturated heterocycles. The minimum Gasteiger partial charge on any atom is -0.493 e. The molecule has 0 amide bonds. The zero-order valence-electron chi connectivity index (χ0n) is 20.3. The summed E-state index contributed by atoms with van der Waals surface area (Å²) in [4.78, 5) is 21.6. The van der Waals surface area contributed by atoms with Crippen LogP contribution in [0.15, 0.2) is 53.4 Å². The molecule has 0 radical (unpaired) electrons. The molecule has 11 nitrogen and oxygen atoms in total. The number of hydrogen-bond acceptors (Lipinski definition) is 9. The highest BCUT2D eigenvalue weighted by Gasteiger charge is 2.29. The molecular weight excluding hydrogens is 499 g/mol. The van der Waals surface area contributed by atoms with Crippen LogP contribution in [0.4, 0.5) is 10.3 Å². The number of benzene rings is 1. The van der Waals surface area contributed by atoms with Gasteiger partial charge in [-0.1, -0.05) is 0 Å². The summed E-state index contributed by atoms with van der Waals surface area (Å²) in [7, 11) is -1.72. The van der Waals surface area contributed by atoms with Crippen LogP contribution in [-0.4, -0.2) is 77.5 Å². The van der Waals surface area contributed by atoms with Gasteiger partial charge in [0.1, 0.15) is 17.3 Å². The highest BCUT2D eigenvalue weighted by atomic mass is 32.2. The summed E-state index contributed by atoms with van der Waals surface area (Å²) in [6, 6.07) is 7.69. The molecule has 4 heterocycles. The maximum atomic E-state index is 13.5. The maximum absolute atomic E-state index is 13.5. The molecule has 2 aromatic heterocycles. The Labute approximate surface area is 213 Å². The number of aromatic nitrogens is 4. The number of sulfonamides is 1. The smallest absolute Gasteiger partial charge is 0.223 e. The van der Waals surface area contributed by atoms with Gasteiger partial charge in [0.2, 0.25) is 16.0 Å². The molecule has 4 N–H and O–H groups in total. The van der Waals surface area contributed by atoms with Gasteiger partial charge >= 0.3 is 0 Å². The van der Waals surface area contributed by atoms with Crippen LogP contribution >= 0.6 is 0 Å². The predicted octanol–water partition coefficient (Wildman–Crippen LogP) is 2.10. The van der Waals surface area contributed by atoms with Crippen molar-refractivity contribution in [2.45, 2.75) is 18.4 Å². The lowest BCUT2D eigenvalue weighted by atomic mass is 9.99. The topological polar surface area (TPSA) is 151 Å². The largest absolute Gasteiger partial charge is 0.493 e. The Hall–Kier alpha value is -3.84. The van der Waals surface area contributed by atoms with Crippen LogP contribution < -0.4 is 11.1 Å². The zero-order chi connectivity index (χ0) is 26.2. The van der Waals surface area contributed by atoms with Gasteiger partial charge in [0.05, 0.1) is 31.3 Å². The van der Waals surface area contributed by atoms with Gasteiger partial charge in [-0.3, -0.25) is 4.99 Å². The molecule has 0 spiro atoms. The van der Waals surface area contributed by atoms with Crippen LogP contribution in [0, 0.1) is 5.82 Å². The molecule has 194 valence electrons. The van der Waals surface area contributed by atoms with Crippen LogP contribution in [0.2, 0.25) is 0 Å². The molecule has 3 aromatic rings. The number of anilines is 1. The summed E-state index contributed by atoms with van der Waals surface area (Å²) in [6.45, 7) is 1.18. The van der Waals surface area contributed by atoms with Gasteiger partial charge < -0.3 is 20.8 Å². The third-order valence-electron chi connectivity index (χ3n) is 6.35. The number of aromatic amines is 1. The summed E-state index contributed by atoms with van der Waals surface area (Å²) in [5.41, 5.74) is 8.55. The van der Waals surface area contributed by atoms with Gasteiger partial charge in [-0.25, -0.2) is 32.1 Å². The average molecular weight is 527 g/mol. The molecule has 2 atom stereocenters. The number of imidazole rings is 1. The lowest BCUT2D eigenvalue weighted by molar-refractivity contribution is 0.309. The van der Waals surface area contributed by atoms with Crippen LogP contribution in [0.5, 0.6) is 0 Å². The molecule has 1 unspecified atom stereocenters. The van der Waals surface area contributed by atoms with Crippen molar-refractivity contribution < 1.29 is 17.5 Å². The molecule has 2 aliphatic heterocycles. The van der Waals surface area contributed by atoms with Crippen LogP contribution in [-0.2, 0) is 14.8 Å². The highest BCUT2D eigenvalue weighted by molar-refractivity contribution is 7.88. The van der Waals surface area contributed by atoms with E-state index in [1.165, 1.54) is 29.8 Å². The summed E-state index contributed by atoms with van der Waals surface area (Å²) in [5.74, 6) is 1.16. The second-order valence-corrected chi connectivity index (χ2v) is 10.9. The van der Waals surface area contributed by atoms with Crippen molar-refractivity contribution in [3.8, 4) is 22.8 Å². The van der Waals surface area contributed by atoms with Crippen molar-refractivity contribution in [3.63, 3.8) is 0 Å². The Balaban J connectivity index is 1.49. The lowest BCUT2D eigenvalue weighted by Gasteiger charge is -2.18. The molecule has 1 fully saturated rings. The maximum Gasteiger partial charge on any atom is 0.223 e. The van der Waals surface area contributed by atoms with Gasteiger partial charge in [-0.05, 0) is 42.8 Å². The number of rotatable bonds is 7. The average Bonchev–Trinajstić information content (AvgIpc) is 3.53. The van der Waals surface area contributed by atoms with E-state index in [2.05, 4.69) is 25.3 Å². The van der Waals surface area contributed by atoms with Gasteiger partial charge in [0.15, 0.2) is 11.6 Å². The number of halogens is 1. The minimum atomic E-state index is -3.25. The number of nitrogens with two attached hydrogens (primary N) is 1. The van der Waals surface area contributed by atoms with Crippen molar-refractivity contribution in [2.24, 2.45) is 10.7 Å². The van der Waals surface area contributed by atoms with E-state index >= 15 is 0 Å². The van der Waals surface area contributed by atoms with Crippen molar-refractivity contribution in [1.82, 2.24) is 24.2 Å². The zero-order valence-corrected chi connectivity index (χ0v) is 21.2. The summed E-state index contributed by atoms with van der Waals surface area (Å²) in [6.07, 6.45) is 5.36. The fourth-order valence-corrected chi connectivity index (χ4v) is 5.32. The number of nitrogens with one attached hydrogen (secondary N) is 2. The van der Waals surface area contributed by atoms with E-state index in [0.29, 0.717) is 66.4 Å². The monoisotopic (exact) mass is 526 g/mol. The number of nitrogens with zero attached hydrogens (tertiary/aromatic N) is 5. The van der Waals surface area contributed by atoms with Crippen LogP contribution in [0.3, 0.4) is 0 Å². The standard InChI is InChI=1S/C24H27FN8O3S/c1-36-19-11-15(12-28-22(19)26)20-21(32-23(31-20)14-3-5-16(25)6-4-14)18-7-9-27-24(30-18)29-17-8-10-33(13-17)37(2,34)35/h3-7,9,11,15,17H,8,10,12-13H2,1-2H3,(H2,26,28)(H,31,32)(H,27,29,30)/t15?,17-/m1/s1. The highest BCUT2D eigenvalue weighted by Crippen LogP contribution is 2.33. The second-order valence-electron chi connectivity index (χ2n) is 8.94. The Morgan fingerprint density at radius 3 is 2.70 bits per heavy atom. The Bertz CT molecular complexity index is 1470. The molecule has 1 aromatic carbocycles. The fourth-order valence-electron chi connectivity index (χ4n) is 4.43. The molecule has 0 saturated carbocycles. The van der Waals surface area contributed by atoms with E-state index in [9.17, 15) is 12.8 Å². The number of dihydropyridines is 1. The summed E-state index contributed by atoms with van der Waals surface area (Å²) in [5, 5.41) is 3.24. The first kappa shape index (κ1) is 24.8. The van der Waals surface area contributed by atoms with Crippen LogP contribution in [0.1, 0.15) is 18.0 Å². The van der Waals surface area contributed by atoms with Gasteiger partial charge in [0, 0.05) is 36.8 Å². The van der Waals surface area contributed by atoms with Gasteiger partial charge in [-0.2, -0.15) is 0 Å². The fraction of sp³-hybridized carbons (Fsp3) is 0.333. The molecular formula is C24H27FN8O3S. The summed E-state index contributed by atoms with van der Waals surface area (Å²) < 4.78 is 44.1. The molecule has 13 heteroatoms. The van der Waals surface area contributed by atoms with E-state index in [1.54, 1.807) is 24.4 Å². The number of amidine groups is 1. The van der Waals surface area contributed by atoms with Gasteiger partial charge in [-0.15, -0.1) is 0 Å². The third kappa shape index (κ3) is 5.32. The van der Waals surface area contributed by atoms with Crippen molar-refractivity contribution in [3.05, 3.63) is 59.9 Å². The quantitative estimate of drug-likeness (QED) is 0.423. The third-order valence-corrected chi connectivity index (χ3v) is 7.62. The van der Waals surface area contributed by atoms with Crippen molar-refractivity contribution >= 4 is 21.8 Å². The molecule has 37 heavy (non-hydrogen) atoms. The lowest BCUT2D eigenvalue weighted by Crippen LogP contribution is -2.31. The number of ether oxygens (including phenoxy) is 1. The molecule has 0 bridgehead atoms. The number of H-pyrrole nitrogens is 1. The van der Waals surface area contributed by atoms with Crippen molar-refractivity contribution in [1.29, 1.82) is 0 Å².